The normalized spacial score (nSPS) is 10.8. The van der Waals surface area contributed by atoms with Crippen molar-refractivity contribution in [3.8, 4) is 0 Å². The third-order valence-corrected chi connectivity index (χ3v) is 3.30. The molecule has 0 aliphatic rings. The molecule has 0 atom stereocenters. The molecule has 0 spiro atoms. The predicted molar refractivity (Wildman–Crippen MR) is 68.0 cm³/mol. The monoisotopic (exact) mass is 242 g/mol. The van der Waals surface area contributed by atoms with Crippen LogP contribution in [0.4, 0.5) is 5.82 Å². The van der Waals surface area contributed by atoms with Gasteiger partial charge in [0.15, 0.2) is 0 Å². The number of pyridine rings is 2. The van der Waals surface area contributed by atoms with E-state index in [1.165, 1.54) is 0 Å². The topological polar surface area (TPSA) is 56.2 Å². The van der Waals surface area contributed by atoms with Crippen LogP contribution in [0.2, 0.25) is 0 Å². The highest BCUT2D eigenvalue weighted by molar-refractivity contribution is 7.99. The molecule has 0 radical (unpaired) electrons. The van der Waals surface area contributed by atoms with Gasteiger partial charge in [0, 0.05) is 17.3 Å². The molecule has 3 rings (SSSR count). The van der Waals surface area contributed by atoms with Crippen molar-refractivity contribution in [2.45, 2.75) is 9.92 Å². The summed E-state index contributed by atoms with van der Waals surface area (Å²) in [4.78, 5) is 9.53. The number of fused-ring (bicyclic) bond motifs is 1. The Hall–Kier alpha value is -2.01. The van der Waals surface area contributed by atoms with Crippen LogP contribution in [0.1, 0.15) is 0 Å². The third-order valence-electron chi connectivity index (χ3n) is 2.37. The quantitative estimate of drug-likeness (QED) is 0.750. The third kappa shape index (κ3) is 1.97. The van der Waals surface area contributed by atoms with Crippen LogP contribution in [0.25, 0.3) is 5.65 Å². The van der Waals surface area contributed by atoms with Crippen LogP contribution in [-0.4, -0.2) is 14.4 Å². The molecule has 0 saturated heterocycles. The first-order valence-corrected chi connectivity index (χ1v) is 5.96. The predicted octanol–water partition coefficient (Wildman–Crippen LogP) is 2.46. The molecule has 2 N–H and O–H groups in total. The summed E-state index contributed by atoms with van der Waals surface area (Å²) in [5, 5.41) is 0.963. The lowest BCUT2D eigenvalue weighted by Crippen LogP contribution is -1.92. The Balaban J connectivity index is 1.98. The second kappa shape index (κ2) is 4.10. The Morgan fingerprint density at radius 2 is 2.06 bits per heavy atom. The number of nitrogen functional groups attached to an aromatic ring is 1. The fraction of sp³-hybridized carbons (Fsp3) is 0. The van der Waals surface area contributed by atoms with Crippen molar-refractivity contribution in [1.82, 2.24) is 14.4 Å². The first kappa shape index (κ1) is 10.2. The van der Waals surface area contributed by atoms with Gasteiger partial charge in [-0.1, -0.05) is 17.8 Å². The summed E-state index contributed by atoms with van der Waals surface area (Å²) in [6.07, 6.45) is 5.41. The van der Waals surface area contributed by atoms with Crippen molar-refractivity contribution in [2.24, 2.45) is 0 Å². The van der Waals surface area contributed by atoms with Crippen molar-refractivity contribution >= 4 is 23.2 Å². The lowest BCUT2D eigenvalue weighted by molar-refractivity contribution is 1.11. The van der Waals surface area contributed by atoms with E-state index in [0.717, 1.165) is 15.6 Å². The number of hydrogen-bond donors (Lipinski definition) is 1. The Labute approximate surface area is 103 Å². The molecule has 0 unspecified atom stereocenters. The number of hydrogen-bond acceptors (Lipinski definition) is 4. The summed E-state index contributed by atoms with van der Waals surface area (Å²) in [5.74, 6) is 0.642. The van der Waals surface area contributed by atoms with Gasteiger partial charge in [-0.05, 0) is 24.3 Å². The first-order chi connectivity index (χ1) is 8.33. The molecule has 3 aromatic rings. The van der Waals surface area contributed by atoms with Crippen molar-refractivity contribution in [2.75, 3.05) is 5.73 Å². The van der Waals surface area contributed by atoms with Crippen LogP contribution < -0.4 is 5.73 Å². The summed E-state index contributed by atoms with van der Waals surface area (Å²) in [5.41, 5.74) is 6.67. The smallest absolute Gasteiger partial charge is 0.138 e. The summed E-state index contributed by atoms with van der Waals surface area (Å²) in [6, 6.07) is 9.81. The highest BCUT2D eigenvalue weighted by atomic mass is 32.2. The highest BCUT2D eigenvalue weighted by Crippen LogP contribution is 2.26. The Morgan fingerprint density at radius 3 is 2.88 bits per heavy atom. The van der Waals surface area contributed by atoms with Gasteiger partial charge in [0.2, 0.25) is 0 Å². The summed E-state index contributed by atoms with van der Waals surface area (Å²) >= 11 is 1.60. The summed E-state index contributed by atoms with van der Waals surface area (Å²) in [6.45, 7) is 0. The minimum Gasteiger partial charge on any atom is -0.383 e. The lowest BCUT2D eigenvalue weighted by Gasteiger charge is -2.02. The van der Waals surface area contributed by atoms with E-state index in [9.17, 15) is 0 Å². The molecule has 4 nitrogen and oxygen atoms in total. The van der Waals surface area contributed by atoms with E-state index in [1.807, 2.05) is 40.9 Å². The Morgan fingerprint density at radius 1 is 1.12 bits per heavy atom. The zero-order valence-corrected chi connectivity index (χ0v) is 9.76. The maximum Gasteiger partial charge on any atom is 0.138 e. The van der Waals surface area contributed by atoms with Crippen LogP contribution in [0, 0.1) is 0 Å². The molecule has 17 heavy (non-hydrogen) atoms. The van der Waals surface area contributed by atoms with Crippen LogP contribution in [0.5, 0.6) is 0 Å². The minimum atomic E-state index is 0.642. The Kier molecular flexibility index (Phi) is 2.45. The molecule has 0 fully saturated rings. The number of nitrogens with two attached hydrogens (primary N) is 1. The fourth-order valence-corrected chi connectivity index (χ4v) is 2.36. The average molecular weight is 242 g/mol. The van der Waals surface area contributed by atoms with Crippen molar-refractivity contribution < 1.29 is 0 Å². The molecule has 3 heterocycles. The number of rotatable bonds is 2. The second-order valence-corrected chi connectivity index (χ2v) is 4.64. The van der Waals surface area contributed by atoms with Gasteiger partial charge in [-0.25, -0.2) is 9.97 Å². The van der Waals surface area contributed by atoms with E-state index >= 15 is 0 Å². The molecule has 0 aliphatic heterocycles. The van der Waals surface area contributed by atoms with Crippen LogP contribution in [-0.2, 0) is 0 Å². The van der Waals surface area contributed by atoms with Crippen LogP contribution >= 0.6 is 11.8 Å². The van der Waals surface area contributed by atoms with Gasteiger partial charge in [0.1, 0.15) is 16.5 Å². The maximum atomic E-state index is 5.81. The van der Waals surface area contributed by atoms with Gasteiger partial charge in [-0.2, -0.15) is 0 Å². The van der Waals surface area contributed by atoms with E-state index in [1.54, 1.807) is 24.2 Å². The molecule has 0 aromatic carbocycles. The largest absolute Gasteiger partial charge is 0.383 e. The van der Waals surface area contributed by atoms with Crippen molar-refractivity contribution in [3.63, 3.8) is 0 Å². The standard InChI is InChI=1S/C12H10N4S/c13-10-7-15-11-5-4-9(8-16(10)11)17-12-3-1-2-6-14-12/h1-8H,13H2. The molecular weight excluding hydrogens is 232 g/mol. The molecule has 0 aliphatic carbocycles. The zero-order chi connectivity index (χ0) is 11.7. The lowest BCUT2D eigenvalue weighted by atomic mass is 10.5. The zero-order valence-electron chi connectivity index (χ0n) is 8.95. The van der Waals surface area contributed by atoms with Gasteiger partial charge in [0.25, 0.3) is 0 Å². The summed E-state index contributed by atoms with van der Waals surface area (Å²) in [7, 11) is 0. The molecule has 3 aromatic heterocycles. The van der Waals surface area contributed by atoms with Gasteiger partial charge in [-0.15, -0.1) is 0 Å². The molecule has 5 heteroatoms. The average Bonchev–Trinajstić information content (AvgIpc) is 2.73. The van der Waals surface area contributed by atoms with E-state index in [0.29, 0.717) is 5.82 Å². The van der Waals surface area contributed by atoms with E-state index in [-0.39, 0.29) is 0 Å². The number of nitrogens with zero attached hydrogens (tertiary/aromatic N) is 3. The van der Waals surface area contributed by atoms with Gasteiger partial charge in [-0.3, -0.25) is 4.40 Å². The van der Waals surface area contributed by atoms with E-state index in [2.05, 4.69) is 9.97 Å². The van der Waals surface area contributed by atoms with Gasteiger partial charge >= 0.3 is 0 Å². The van der Waals surface area contributed by atoms with Gasteiger partial charge < -0.3 is 5.73 Å². The highest BCUT2D eigenvalue weighted by Gasteiger charge is 2.02. The minimum absolute atomic E-state index is 0.642. The summed E-state index contributed by atoms with van der Waals surface area (Å²) < 4.78 is 1.87. The molecule has 0 amide bonds. The number of aromatic nitrogens is 3. The fourth-order valence-electron chi connectivity index (χ4n) is 1.57. The maximum absolute atomic E-state index is 5.81. The van der Waals surface area contributed by atoms with Crippen LogP contribution in [0.15, 0.2) is 58.8 Å². The Bertz CT molecular complexity index is 648. The SMILES string of the molecule is Nc1cnc2ccc(Sc3ccccn3)cn12. The van der Waals surface area contributed by atoms with Crippen LogP contribution in [0.3, 0.4) is 0 Å². The molecule has 84 valence electrons. The van der Waals surface area contributed by atoms with E-state index in [4.69, 9.17) is 5.73 Å². The first-order valence-electron chi connectivity index (χ1n) is 5.14. The second-order valence-electron chi connectivity index (χ2n) is 3.55. The molecular formula is C12H10N4S. The van der Waals surface area contributed by atoms with E-state index < -0.39 is 0 Å². The van der Waals surface area contributed by atoms with Crippen molar-refractivity contribution in [3.05, 3.63) is 48.9 Å². The molecule has 0 saturated carbocycles. The number of imidazole rings is 1. The molecule has 0 bridgehead atoms. The number of anilines is 1. The van der Waals surface area contributed by atoms with Gasteiger partial charge in [0.05, 0.1) is 6.20 Å². The van der Waals surface area contributed by atoms with Crippen molar-refractivity contribution in [1.29, 1.82) is 0 Å².